The maximum atomic E-state index is 13.0. The molecule has 3 unspecified atom stereocenters. The van der Waals surface area contributed by atoms with Crippen molar-refractivity contribution >= 4 is 13.7 Å². The first-order chi connectivity index (χ1) is 36.0. The number of unbranched alkanes of at least 4 members (excludes halogenated alkanes) is 49. The van der Waals surface area contributed by atoms with Crippen molar-refractivity contribution < 1.29 is 32.9 Å². The molecule has 0 heterocycles. The summed E-state index contributed by atoms with van der Waals surface area (Å²) < 4.78 is 23.4. The lowest BCUT2D eigenvalue weighted by molar-refractivity contribution is -0.870. The lowest BCUT2D eigenvalue weighted by Gasteiger charge is -2.29. The van der Waals surface area contributed by atoms with Gasteiger partial charge in [0.2, 0.25) is 5.91 Å². The van der Waals surface area contributed by atoms with Gasteiger partial charge in [-0.25, -0.2) is 0 Å². The van der Waals surface area contributed by atoms with Crippen molar-refractivity contribution in [2.24, 2.45) is 0 Å². The number of nitrogens with one attached hydrogen (secondary N) is 1. The predicted octanol–water partition coefficient (Wildman–Crippen LogP) is 19.9. The van der Waals surface area contributed by atoms with Crippen molar-refractivity contribution in [3.63, 3.8) is 0 Å². The highest BCUT2D eigenvalue weighted by atomic mass is 31.2. The molecule has 0 bridgehead atoms. The number of nitrogens with zero attached hydrogens (tertiary/aromatic N) is 1. The molecule has 0 aromatic rings. The Morgan fingerprint density at radius 1 is 0.459 bits per heavy atom. The van der Waals surface area contributed by atoms with Crippen LogP contribution in [0.1, 0.15) is 348 Å². The van der Waals surface area contributed by atoms with E-state index in [-0.39, 0.29) is 19.1 Å². The highest BCUT2D eigenvalue weighted by Crippen LogP contribution is 2.38. The molecule has 0 aromatic carbocycles. The summed E-state index contributed by atoms with van der Waals surface area (Å²) in [5, 5.41) is 13.9. The molecule has 0 radical (unpaired) electrons. The number of hydrogen-bond donors (Lipinski definition) is 2. The minimum absolute atomic E-state index is 0.00290. The predicted molar refractivity (Wildman–Crippen MR) is 321 cm³/mol. The van der Waals surface area contributed by atoms with Gasteiger partial charge in [0, 0.05) is 6.42 Å². The van der Waals surface area contributed by atoms with Gasteiger partial charge in [-0.1, -0.05) is 334 Å². The molecular formula is C65H131N2O6P. The zero-order valence-electron chi connectivity index (χ0n) is 50.6. The van der Waals surface area contributed by atoms with Gasteiger partial charge in [0.25, 0.3) is 7.82 Å². The molecule has 442 valence electrons. The molecule has 0 aliphatic rings. The lowest BCUT2D eigenvalue weighted by atomic mass is 10.0. The number of quaternary nitrogens is 1. The second kappa shape index (κ2) is 56.9. The molecule has 0 aromatic heterocycles. The molecule has 74 heavy (non-hydrogen) atoms. The molecule has 3 atom stereocenters. The van der Waals surface area contributed by atoms with Crippen LogP contribution >= 0.6 is 7.82 Å². The van der Waals surface area contributed by atoms with E-state index in [1.165, 1.54) is 289 Å². The van der Waals surface area contributed by atoms with E-state index in [1.54, 1.807) is 6.08 Å². The van der Waals surface area contributed by atoms with Crippen molar-refractivity contribution in [3.05, 3.63) is 12.2 Å². The topological polar surface area (TPSA) is 108 Å². The molecule has 2 N–H and O–H groups in total. The molecule has 0 rings (SSSR count). The number of phosphoric acid groups is 1. The van der Waals surface area contributed by atoms with E-state index in [1.807, 2.05) is 27.2 Å². The molecule has 0 saturated heterocycles. The summed E-state index contributed by atoms with van der Waals surface area (Å²) in [6.07, 6.45) is 71.8. The Labute approximate surface area is 462 Å². The maximum absolute atomic E-state index is 13.0. The van der Waals surface area contributed by atoms with Gasteiger partial charge in [-0.2, -0.15) is 0 Å². The smallest absolute Gasteiger partial charge is 0.268 e. The monoisotopic (exact) mass is 1070 g/mol. The van der Waals surface area contributed by atoms with Gasteiger partial charge < -0.3 is 28.8 Å². The molecule has 9 heteroatoms. The standard InChI is InChI=1S/C65H131N2O6P/c1-6-8-10-12-14-16-18-20-22-24-26-28-30-31-32-33-34-35-36-37-39-41-43-45-47-49-51-53-55-57-59-65(69)66-63(62-73-74(70,71)72-61-60-67(3,4)5)64(68)58-56-54-52-50-48-46-44-42-40-38-29-27-25-23-21-19-17-15-13-11-9-7-2/h56,58,63-64,68H,6-55,57,59-62H2,1-5H3,(H-,66,69,70,71)/b58-56+. The number of hydrogen-bond acceptors (Lipinski definition) is 6. The van der Waals surface area contributed by atoms with Crippen molar-refractivity contribution in [1.29, 1.82) is 0 Å². The van der Waals surface area contributed by atoms with Gasteiger partial charge in [0.05, 0.1) is 39.9 Å². The molecule has 0 spiro atoms. The van der Waals surface area contributed by atoms with Gasteiger partial charge >= 0.3 is 0 Å². The van der Waals surface area contributed by atoms with Crippen LogP contribution < -0.4 is 10.2 Å². The van der Waals surface area contributed by atoms with Gasteiger partial charge in [0.15, 0.2) is 0 Å². The first-order valence-electron chi connectivity index (χ1n) is 33.1. The molecule has 0 fully saturated rings. The van der Waals surface area contributed by atoms with E-state index in [2.05, 4.69) is 19.2 Å². The van der Waals surface area contributed by atoms with E-state index in [4.69, 9.17) is 9.05 Å². The number of carbonyl (C=O) groups is 1. The summed E-state index contributed by atoms with van der Waals surface area (Å²) >= 11 is 0. The Morgan fingerprint density at radius 2 is 0.730 bits per heavy atom. The summed E-state index contributed by atoms with van der Waals surface area (Å²) in [4.78, 5) is 25.6. The summed E-state index contributed by atoms with van der Waals surface area (Å²) in [5.41, 5.74) is 0. The lowest BCUT2D eigenvalue weighted by Crippen LogP contribution is -2.45. The fourth-order valence-electron chi connectivity index (χ4n) is 10.3. The third kappa shape index (κ3) is 58.9. The zero-order chi connectivity index (χ0) is 54.2. The van der Waals surface area contributed by atoms with Gasteiger partial charge in [-0.3, -0.25) is 9.36 Å². The summed E-state index contributed by atoms with van der Waals surface area (Å²) in [6.45, 7) is 4.72. The van der Waals surface area contributed by atoms with Crippen molar-refractivity contribution in [2.75, 3.05) is 40.9 Å². The number of aliphatic hydroxyl groups excluding tert-OH is 1. The molecule has 8 nitrogen and oxygen atoms in total. The Bertz CT molecular complexity index is 1210. The number of likely N-dealkylation sites (N-methyl/N-ethyl adjacent to an activating group) is 1. The number of carbonyl (C=O) groups excluding carboxylic acids is 1. The van der Waals surface area contributed by atoms with E-state index in [0.717, 1.165) is 38.5 Å². The normalized spacial score (nSPS) is 13.8. The highest BCUT2D eigenvalue weighted by Gasteiger charge is 2.23. The van der Waals surface area contributed by atoms with Crippen LogP contribution in [0.5, 0.6) is 0 Å². The number of rotatable bonds is 62. The molecule has 1 amide bonds. The van der Waals surface area contributed by atoms with Crippen LogP contribution in [0.4, 0.5) is 0 Å². The van der Waals surface area contributed by atoms with Crippen LogP contribution in [0, 0.1) is 0 Å². The van der Waals surface area contributed by atoms with E-state index in [0.29, 0.717) is 17.4 Å². The maximum Gasteiger partial charge on any atom is 0.268 e. The average Bonchev–Trinajstić information content (AvgIpc) is 3.36. The average molecular weight is 1070 g/mol. The summed E-state index contributed by atoms with van der Waals surface area (Å²) in [6, 6.07) is -0.883. The SMILES string of the molecule is CCCCCCCCCCCCCCCCCCCCCC/C=C/C(O)C(COP(=O)([O-])OCC[N+](C)(C)C)NC(=O)CCCCCCCCCCCCCCCCCCCCCCCCCCCCCCCC. The van der Waals surface area contributed by atoms with Crippen molar-refractivity contribution in [2.45, 2.75) is 360 Å². The van der Waals surface area contributed by atoms with Crippen LogP contribution in [0.25, 0.3) is 0 Å². The fourth-order valence-corrected chi connectivity index (χ4v) is 11.1. The van der Waals surface area contributed by atoms with Crippen LogP contribution in [0.2, 0.25) is 0 Å². The third-order valence-electron chi connectivity index (χ3n) is 15.5. The quantitative estimate of drug-likeness (QED) is 0.0272. The van der Waals surface area contributed by atoms with E-state index >= 15 is 0 Å². The van der Waals surface area contributed by atoms with Crippen molar-refractivity contribution in [1.82, 2.24) is 5.32 Å². The molecule has 0 saturated carbocycles. The number of aliphatic hydroxyl groups is 1. The molecule has 0 aliphatic carbocycles. The minimum atomic E-state index is -4.60. The van der Waals surface area contributed by atoms with Crippen LogP contribution in [-0.4, -0.2) is 68.5 Å². The minimum Gasteiger partial charge on any atom is -0.756 e. The van der Waals surface area contributed by atoms with Gasteiger partial charge in [0.1, 0.15) is 13.2 Å². The third-order valence-corrected chi connectivity index (χ3v) is 16.5. The van der Waals surface area contributed by atoms with E-state index < -0.39 is 20.0 Å². The van der Waals surface area contributed by atoms with Crippen LogP contribution in [-0.2, 0) is 18.4 Å². The first-order valence-corrected chi connectivity index (χ1v) is 34.5. The van der Waals surface area contributed by atoms with E-state index in [9.17, 15) is 19.4 Å². The zero-order valence-corrected chi connectivity index (χ0v) is 51.5. The van der Waals surface area contributed by atoms with Gasteiger partial charge in [-0.05, 0) is 19.3 Å². The number of allylic oxidation sites excluding steroid dienone is 1. The molecular weight excluding hydrogens is 936 g/mol. The van der Waals surface area contributed by atoms with Crippen molar-refractivity contribution in [3.8, 4) is 0 Å². The van der Waals surface area contributed by atoms with Crippen LogP contribution in [0.15, 0.2) is 12.2 Å². The van der Waals surface area contributed by atoms with Crippen LogP contribution in [0.3, 0.4) is 0 Å². The Hall–Kier alpha value is -0.760. The Balaban J connectivity index is 4.05. The molecule has 0 aliphatic heterocycles. The Morgan fingerprint density at radius 3 is 1.01 bits per heavy atom. The largest absolute Gasteiger partial charge is 0.756 e. The fraction of sp³-hybridized carbons (Fsp3) is 0.954. The number of phosphoric ester groups is 1. The first kappa shape index (κ1) is 73.2. The second-order valence-corrected chi connectivity index (χ2v) is 25.6. The second-order valence-electron chi connectivity index (χ2n) is 24.2. The Kier molecular flexibility index (Phi) is 56.4. The van der Waals surface area contributed by atoms with Gasteiger partial charge in [-0.15, -0.1) is 0 Å². The number of amides is 1. The highest BCUT2D eigenvalue weighted by molar-refractivity contribution is 7.45. The summed E-state index contributed by atoms with van der Waals surface area (Å²) in [7, 11) is 1.28. The summed E-state index contributed by atoms with van der Waals surface area (Å²) in [5.74, 6) is -0.188.